The molecule has 0 N–H and O–H groups in total. The van der Waals surface area contributed by atoms with E-state index >= 15 is 0 Å². The van der Waals surface area contributed by atoms with Crippen LogP contribution in [0.5, 0.6) is 0 Å². The van der Waals surface area contributed by atoms with Crippen molar-refractivity contribution in [3.05, 3.63) is 130 Å². The van der Waals surface area contributed by atoms with Crippen LogP contribution < -0.4 is 34.5 Å². The zero-order chi connectivity index (χ0) is 40.8. The van der Waals surface area contributed by atoms with E-state index in [1.54, 1.807) is 0 Å². The minimum atomic E-state index is -4.29. The predicted octanol–water partition coefficient (Wildman–Crippen LogP) is 6.87. The van der Waals surface area contributed by atoms with Crippen LogP contribution in [-0.2, 0) is 31.1 Å². The van der Waals surface area contributed by atoms with Gasteiger partial charge in [0, 0.05) is 64.0 Å². The van der Waals surface area contributed by atoms with Gasteiger partial charge in [0.2, 0.25) is 5.69 Å². The molecule has 0 unspecified atom stereocenters. The second kappa shape index (κ2) is 17.5. The molecule has 8 nitrogen and oxygen atoms in total. The fourth-order valence-corrected chi connectivity index (χ4v) is 10.6. The van der Waals surface area contributed by atoms with Crippen LogP contribution in [0.2, 0.25) is 0 Å². The number of allylic oxidation sites excluding steroid dienone is 8. The van der Waals surface area contributed by atoms with Gasteiger partial charge in [0.25, 0.3) is 0 Å². The monoisotopic (exact) mass is 848 g/mol. The van der Waals surface area contributed by atoms with Crippen LogP contribution in [0, 0.1) is 0 Å². The molecule has 4 aromatic rings. The first-order valence-electron chi connectivity index (χ1n) is 19.8. The van der Waals surface area contributed by atoms with Crippen molar-refractivity contribution in [1.82, 2.24) is 0 Å². The molecule has 4 aromatic carbocycles. The number of halogens is 1. The number of unbranched alkanes of at least 4 members (excludes halogenated alkanes) is 2. The molecule has 0 atom stereocenters. The summed E-state index contributed by atoms with van der Waals surface area (Å²) in [7, 11) is -8.57. The summed E-state index contributed by atoms with van der Waals surface area (Å²) < 4.78 is 70.6. The van der Waals surface area contributed by atoms with Crippen molar-refractivity contribution in [2.45, 2.75) is 83.5 Å². The van der Waals surface area contributed by atoms with E-state index in [1.165, 1.54) is 21.9 Å². The van der Waals surface area contributed by atoms with Gasteiger partial charge in [-0.1, -0.05) is 92.2 Å². The smallest absolute Gasteiger partial charge is 0.748 e. The maximum absolute atomic E-state index is 11.4. The Morgan fingerprint density at radius 3 is 1.98 bits per heavy atom. The topological polar surface area (TPSA) is 121 Å². The minimum Gasteiger partial charge on any atom is -0.748 e. The fourth-order valence-electron chi connectivity index (χ4n) is 9.22. The Bertz CT molecular complexity index is 2640. The number of anilines is 1. The molecule has 0 fully saturated rings. The third kappa shape index (κ3) is 9.15. The van der Waals surface area contributed by atoms with Gasteiger partial charge in [0.1, 0.15) is 6.54 Å². The first kappa shape index (κ1) is 44.5. The van der Waals surface area contributed by atoms with Gasteiger partial charge in [-0.25, -0.2) is 16.8 Å². The van der Waals surface area contributed by atoms with E-state index in [0.29, 0.717) is 38.8 Å². The second-order valence-corrected chi connectivity index (χ2v) is 19.9. The number of hydrogen-bond acceptors (Lipinski definition) is 7. The summed E-state index contributed by atoms with van der Waals surface area (Å²) in [4.78, 5) is 2.28. The molecule has 1 aliphatic carbocycles. The maximum Gasteiger partial charge on any atom is 1.00 e. The minimum absolute atomic E-state index is 0. The summed E-state index contributed by atoms with van der Waals surface area (Å²) >= 11 is 7.28. The van der Waals surface area contributed by atoms with Gasteiger partial charge >= 0.3 is 29.6 Å². The van der Waals surface area contributed by atoms with Crippen molar-refractivity contribution in [3.63, 3.8) is 0 Å². The van der Waals surface area contributed by atoms with Crippen LogP contribution in [0.1, 0.15) is 83.8 Å². The molecular weight excluding hydrogens is 799 g/mol. The average Bonchev–Trinajstić information content (AvgIpc) is 3.51. The quantitative estimate of drug-likeness (QED) is 0.0624. The van der Waals surface area contributed by atoms with Crippen LogP contribution in [0.15, 0.2) is 119 Å². The van der Waals surface area contributed by atoms with E-state index in [9.17, 15) is 25.9 Å². The van der Waals surface area contributed by atoms with E-state index in [0.717, 1.165) is 69.0 Å². The number of rotatable bonds is 13. The van der Waals surface area contributed by atoms with Gasteiger partial charge in [0.15, 0.2) is 5.71 Å². The average molecular weight is 849 g/mol. The standard InChI is InChI=1S/C46H51ClN2O6S2.Na/c1-45(2)40(48(28-9-11-30-56(50,51)52)38-24-20-32-14-5-7-18-36(32)42(38)45)26-22-34-16-13-17-35(44(34)47)23-27-41-46(3,4)43-37-19-8-6-15-33(37)21-25-39(43)49(41)29-10-12-31-57(53,54)55;/h5-8,14-15,18-27H,9-13,16-17,28-31H2,1-4H3,(H-,50,51,52,53,54,55);/q;+1/p-1. The Hall–Kier alpha value is -3.06. The molecule has 0 spiro atoms. The van der Waals surface area contributed by atoms with Gasteiger partial charge in [-0.3, -0.25) is 0 Å². The van der Waals surface area contributed by atoms with E-state index in [1.807, 2.05) is 12.1 Å². The zero-order valence-corrected chi connectivity index (χ0v) is 38.4. The zero-order valence-electron chi connectivity index (χ0n) is 34.1. The van der Waals surface area contributed by atoms with Crippen LogP contribution in [0.25, 0.3) is 21.5 Å². The number of fused-ring (bicyclic) bond motifs is 6. The summed E-state index contributed by atoms with van der Waals surface area (Å²) in [6, 6.07) is 25.3. The Morgan fingerprint density at radius 2 is 1.33 bits per heavy atom. The van der Waals surface area contributed by atoms with E-state index in [-0.39, 0.29) is 51.9 Å². The Balaban J connectivity index is 0.00000567. The summed E-state index contributed by atoms with van der Waals surface area (Å²) in [5, 5.41) is 5.40. The third-order valence-electron chi connectivity index (χ3n) is 11.9. The fraction of sp³-hybridized carbons (Fsp3) is 0.370. The molecule has 3 aliphatic rings. The van der Waals surface area contributed by atoms with E-state index < -0.39 is 20.2 Å². The summed E-state index contributed by atoms with van der Waals surface area (Å²) in [5.74, 6) is -0.756. The number of hydrogen-bond donors (Lipinski definition) is 0. The second-order valence-electron chi connectivity index (χ2n) is 16.5. The van der Waals surface area contributed by atoms with Gasteiger partial charge in [-0.05, 0) is 109 Å². The molecule has 0 saturated carbocycles. The number of benzene rings is 4. The molecule has 2 heterocycles. The molecule has 0 bridgehead atoms. The van der Waals surface area contributed by atoms with Crippen LogP contribution in [0.3, 0.4) is 0 Å². The normalized spacial score (nSPS) is 19.2. The number of nitrogens with zero attached hydrogens (tertiary/aromatic N) is 2. The van der Waals surface area contributed by atoms with Crippen molar-refractivity contribution in [1.29, 1.82) is 0 Å². The first-order valence-corrected chi connectivity index (χ1v) is 23.3. The Morgan fingerprint density at radius 1 is 0.724 bits per heavy atom. The van der Waals surface area contributed by atoms with Crippen LogP contribution >= 0.6 is 11.6 Å². The Labute approximate surface area is 370 Å². The summed E-state index contributed by atoms with van der Waals surface area (Å²) in [6.45, 7) is 10.1. The van der Waals surface area contributed by atoms with Crippen molar-refractivity contribution >= 4 is 70.5 Å². The third-order valence-corrected chi connectivity index (χ3v) is 14.0. The predicted molar refractivity (Wildman–Crippen MR) is 231 cm³/mol. The molecule has 58 heavy (non-hydrogen) atoms. The van der Waals surface area contributed by atoms with Crippen LogP contribution in [-0.4, -0.2) is 60.8 Å². The molecule has 300 valence electrons. The molecule has 0 saturated heterocycles. The van der Waals surface area contributed by atoms with Gasteiger partial charge in [-0.2, -0.15) is 4.58 Å². The van der Waals surface area contributed by atoms with Crippen LogP contribution in [0.4, 0.5) is 11.4 Å². The molecule has 7 rings (SSSR count). The Kier molecular flexibility index (Phi) is 13.4. The molecule has 0 amide bonds. The molecular formula is C46H50ClN2NaO6S2. The maximum atomic E-state index is 11.4. The molecule has 0 aromatic heterocycles. The van der Waals surface area contributed by atoms with Gasteiger partial charge in [0.05, 0.1) is 25.7 Å². The summed E-state index contributed by atoms with van der Waals surface area (Å²) in [5.41, 5.74) is 8.17. The molecule has 12 heteroatoms. The van der Waals surface area contributed by atoms with Gasteiger partial charge < -0.3 is 14.0 Å². The van der Waals surface area contributed by atoms with Crippen molar-refractivity contribution in [2.24, 2.45) is 0 Å². The van der Waals surface area contributed by atoms with Crippen molar-refractivity contribution in [3.8, 4) is 0 Å². The summed E-state index contributed by atoms with van der Waals surface area (Å²) in [6.07, 6.45) is 12.9. The van der Waals surface area contributed by atoms with Gasteiger partial charge in [-0.15, -0.1) is 0 Å². The van der Waals surface area contributed by atoms with Crippen molar-refractivity contribution < 1.29 is 60.1 Å². The molecule has 0 radical (unpaired) electrons. The van der Waals surface area contributed by atoms with E-state index in [4.69, 9.17) is 11.6 Å². The first-order chi connectivity index (χ1) is 27.0. The van der Waals surface area contributed by atoms with E-state index in [2.05, 4.69) is 122 Å². The largest absolute Gasteiger partial charge is 1.00 e. The molecule has 2 aliphatic heterocycles. The van der Waals surface area contributed by atoms with Crippen molar-refractivity contribution in [2.75, 3.05) is 29.5 Å². The SMILES string of the molecule is CC1(C)C(/C=C/C2=C(Cl)C(=C/C=C3\N(CCCCS(=O)(=O)[O-])c4ccc5ccccc5c4C3(C)C)/CCC2)=[N+](CCCCS(=O)(=O)[O-])c2ccc3ccccc3c21.[Na+].